The Morgan fingerprint density at radius 2 is 1.21 bits per heavy atom. The largest absolute Gasteiger partial charge is 0.0770 e. The maximum atomic E-state index is 2.45. The molecular weight excluding hydrogens is 288 g/mol. The minimum Gasteiger partial charge on any atom is -0.0770 e. The van der Waals surface area contributed by atoms with Crippen molar-refractivity contribution in [2.45, 2.75) is 38.0 Å². The van der Waals surface area contributed by atoms with Gasteiger partial charge in [-0.05, 0) is 40.5 Å². The fourth-order valence-corrected chi connectivity index (χ4v) is 5.61. The molecule has 0 heterocycles. The first-order valence-electron chi connectivity index (χ1n) is 9.43. The minimum atomic E-state index is 0.352. The average Bonchev–Trinajstić information content (AvgIpc) is 3.29. The summed E-state index contributed by atoms with van der Waals surface area (Å²) in [7, 11) is 0. The molecule has 0 aliphatic heterocycles. The number of fused-ring (bicyclic) bond motifs is 3. The van der Waals surface area contributed by atoms with E-state index < -0.39 is 0 Å². The molecule has 0 unspecified atom stereocenters. The quantitative estimate of drug-likeness (QED) is 0.594. The standard InChI is InChI=1S/C24H24/c1-8-16-24(17-9-1,18-10-2-3-11-18)23-21-14-6-4-12-19(21)20-13-5-7-15-22(20)23/h2-7,10-15,18,23H,1,8-9,16-17H2. The monoisotopic (exact) mass is 312 g/mol. The van der Waals surface area contributed by atoms with Crippen LogP contribution in [0.4, 0.5) is 0 Å². The van der Waals surface area contributed by atoms with Crippen molar-refractivity contribution in [3.8, 4) is 11.1 Å². The van der Waals surface area contributed by atoms with Gasteiger partial charge in [-0.1, -0.05) is 92.1 Å². The molecule has 0 amide bonds. The van der Waals surface area contributed by atoms with E-state index in [4.69, 9.17) is 0 Å². The van der Waals surface area contributed by atoms with Crippen molar-refractivity contribution < 1.29 is 0 Å². The molecule has 0 atom stereocenters. The zero-order valence-corrected chi connectivity index (χ0v) is 14.1. The first-order chi connectivity index (χ1) is 11.9. The molecule has 5 rings (SSSR count). The second-order valence-electron chi connectivity index (χ2n) is 7.70. The highest BCUT2D eigenvalue weighted by Crippen LogP contribution is 2.61. The summed E-state index contributed by atoms with van der Waals surface area (Å²) >= 11 is 0. The third kappa shape index (κ3) is 1.92. The van der Waals surface area contributed by atoms with Crippen LogP contribution in [0.25, 0.3) is 11.1 Å². The smallest absolute Gasteiger partial charge is 0.0167 e. The molecule has 2 aromatic carbocycles. The van der Waals surface area contributed by atoms with Gasteiger partial charge in [0.25, 0.3) is 0 Å². The first-order valence-corrected chi connectivity index (χ1v) is 9.43. The number of allylic oxidation sites excluding steroid dienone is 4. The van der Waals surface area contributed by atoms with Crippen molar-refractivity contribution in [3.63, 3.8) is 0 Å². The first kappa shape index (κ1) is 14.3. The molecule has 3 aliphatic carbocycles. The van der Waals surface area contributed by atoms with E-state index in [1.54, 1.807) is 11.1 Å². The molecule has 120 valence electrons. The van der Waals surface area contributed by atoms with Crippen molar-refractivity contribution in [1.82, 2.24) is 0 Å². The van der Waals surface area contributed by atoms with Crippen LogP contribution in [0, 0.1) is 11.3 Å². The number of rotatable bonds is 2. The molecule has 0 aromatic heterocycles. The summed E-state index contributed by atoms with van der Waals surface area (Å²) < 4.78 is 0. The summed E-state index contributed by atoms with van der Waals surface area (Å²) in [5.41, 5.74) is 6.41. The molecule has 0 spiro atoms. The van der Waals surface area contributed by atoms with E-state index in [1.165, 1.54) is 43.2 Å². The van der Waals surface area contributed by atoms with Gasteiger partial charge >= 0.3 is 0 Å². The summed E-state index contributed by atoms with van der Waals surface area (Å²) in [6.07, 6.45) is 16.3. The second kappa shape index (κ2) is 5.48. The van der Waals surface area contributed by atoms with E-state index >= 15 is 0 Å². The van der Waals surface area contributed by atoms with Crippen molar-refractivity contribution >= 4 is 0 Å². The molecule has 2 aromatic rings. The fraction of sp³-hybridized carbons (Fsp3) is 0.333. The average molecular weight is 312 g/mol. The van der Waals surface area contributed by atoms with Crippen molar-refractivity contribution in [1.29, 1.82) is 0 Å². The third-order valence-electron chi connectivity index (χ3n) is 6.60. The lowest BCUT2D eigenvalue weighted by Gasteiger charge is -2.46. The molecule has 0 N–H and O–H groups in total. The van der Waals surface area contributed by atoms with Gasteiger partial charge in [-0.25, -0.2) is 0 Å². The molecule has 0 bridgehead atoms. The van der Waals surface area contributed by atoms with Gasteiger partial charge in [-0.15, -0.1) is 0 Å². The molecule has 0 saturated heterocycles. The van der Waals surface area contributed by atoms with Crippen LogP contribution < -0.4 is 0 Å². The number of hydrogen-bond donors (Lipinski definition) is 0. The Morgan fingerprint density at radius 3 is 1.79 bits per heavy atom. The molecule has 1 fully saturated rings. The summed E-state index contributed by atoms with van der Waals surface area (Å²) in [6.45, 7) is 0. The lowest BCUT2D eigenvalue weighted by molar-refractivity contribution is 0.128. The predicted octanol–water partition coefficient (Wildman–Crippen LogP) is 6.49. The highest BCUT2D eigenvalue weighted by atomic mass is 14.5. The molecule has 3 aliphatic rings. The minimum absolute atomic E-state index is 0.352. The van der Waals surface area contributed by atoms with E-state index in [0.717, 1.165) is 0 Å². The highest BCUT2D eigenvalue weighted by Gasteiger charge is 2.48. The summed E-state index contributed by atoms with van der Waals surface area (Å²) in [5.74, 6) is 1.13. The van der Waals surface area contributed by atoms with Crippen molar-refractivity contribution in [2.24, 2.45) is 11.3 Å². The summed E-state index contributed by atoms with van der Waals surface area (Å²) in [4.78, 5) is 0. The highest BCUT2D eigenvalue weighted by molar-refractivity contribution is 5.79. The van der Waals surface area contributed by atoms with E-state index in [9.17, 15) is 0 Å². The Balaban J connectivity index is 1.74. The van der Waals surface area contributed by atoms with Gasteiger partial charge in [0.15, 0.2) is 0 Å². The second-order valence-corrected chi connectivity index (χ2v) is 7.70. The molecule has 0 heteroatoms. The Morgan fingerprint density at radius 1 is 0.667 bits per heavy atom. The van der Waals surface area contributed by atoms with E-state index in [-0.39, 0.29) is 0 Å². The van der Waals surface area contributed by atoms with Crippen LogP contribution in [-0.4, -0.2) is 0 Å². The zero-order chi connectivity index (χ0) is 16.0. The van der Waals surface area contributed by atoms with Gasteiger partial charge < -0.3 is 0 Å². The third-order valence-corrected chi connectivity index (χ3v) is 6.60. The van der Waals surface area contributed by atoms with Crippen LogP contribution in [0.5, 0.6) is 0 Å². The molecule has 0 radical (unpaired) electrons. The normalized spacial score (nSPS) is 21.8. The zero-order valence-electron chi connectivity index (χ0n) is 14.1. The topological polar surface area (TPSA) is 0 Å². The molecule has 24 heavy (non-hydrogen) atoms. The Labute approximate surface area is 144 Å². The van der Waals surface area contributed by atoms with Gasteiger partial charge in [-0.2, -0.15) is 0 Å². The van der Waals surface area contributed by atoms with E-state index in [1.807, 2.05) is 0 Å². The van der Waals surface area contributed by atoms with Gasteiger partial charge in [0.2, 0.25) is 0 Å². The fourth-order valence-electron chi connectivity index (χ4n) is 5.61. The molecular formula is C24H24. The Hall–Kier alpha value is -2.08. The maximum absolute atomic E-state index is 2.45. The maximum Gasteiger partial charge on any atom is 0.0167 e. The number of benzene rings is 2. The van der Waals surface area contributed by atoms with Gasteiger partial charge in [0, 0.05) is 11.8 Å². The van der Waals surface area contributed by atoms with Crippen LogP contribution in [0.3, 0.4) is 0 Å². The lowest BCUT2D eigenvalue weighted by atomic mass is 9.57. The summed E-state index contributed by atoms with van der Waals surface area (Å²) in [6, 6.07) is 18.3. The van der Waals surface area contributed by atoms with Crippen molar-refractivity contribution in [3.05, 3.63) is 84.0 Å². The molecule has 0 nitrogen and oxygen atoms in total. The van der Waals surface area contributed by atoms with Gasteiger partial charge in [0.1, 0.15) is 0 Å². The Bertz CT molecular complexity index is 760. The van der Waals surface area contributed by atoms with Crippen LogP contribution in [0.15, 0.2) is 72.8 Å². The van der Waals surface area contributed by atoms with Gasteiger partial charge in [-0.3, -0.25) is 0 Å². The summed E-state index contributed by atoms with van der Waals surface area (Å²) in [5, 5.41) is 0. The number of hydrogen-bond acceptors (Lipinski definition) is 0. The van der Waals surface area contributed by atoms with Crippen LogP contribution in [-0.2, 0) is 0 Å². The van der Waals surface area contributed by atoms with Crippen LogP contribution in [0.2, 0.25) is 0 Å². The van der Waals surface area contributed by atoms with Crippen molar-refractivity contribution in [2.75, 3.05) is 0 Å². The van der Waals surface area contributed by atoms with Gasteiger partial charge in [0.05, 0.1) is 0 Å². The Kier molecular flexibility index (Phi) is 3.26. The van der Waals surface area contributed by atoms with Crippen LogP contribution >= 0.6 is 0 Å². The predicted molar refractivity (Wildman–Crippen MR) is 101 cm³/mol. The van der Waals surface area contributed by atoms with E-state index in [2.05, 4.69) is 72.8 Å². The van der Waals surface area contributed by atoms with Crippen LogP contribution in [0.1, 0.15) is 49.1 Å². The molecule has 1 saturated carbocycles. The lowest BCUT2D eigenvalue weighted by Crippen LogP contribution is -2.37. The SMILES string of the molecule is C1=CC(C2(C3c4ccccc4-c4ccccc43)CCCCC2)C=C1. The van der Waals surface area contributed by atoms with E-state index in [0.29, 0.717) is 17.3 Å².